The van der Waals surface area contributed by atoms with Gasteiger partial charge in [0, 0.05) is 18.3 Å². The Labute approximate surface area is 78.7 Å². The van der Waals surface area contributed by atoms with E-state index >= 15 is 0 Å². The molecule has 0 atom stereocenters. The van der Waals surface area contributed by atoms with Gasteiger partial charge in [0.2, 0.25) is 0 Å². The normalized spacial score (nSPS) is 10.7. The van der Waals surface area contributed by atoms with Crippen molar-refractivity contribution in [3.8, 4) is 5.75 Å². The van der Waals surface area contributed by atoms with Crippen LogP contribution in [0.3, 0.4) is 0 Å². The second kappa shape index (κ2) is 4.28. The summed E-state index contributed by atoms with van der Waals surface area (Å²) in [5.74, 6) is -1.41. The topological polar surface area (TPSA) is 48.1 Å². The molecule has 0 radical (unpaired) electrons. The fraction of sp³-hybridized carbons (Fsp3) is 0.375. The largest absolute Gasteiger partial charge is 0.492 e. The molecule has 0 unspecified atom stereocenters. The molecule has 0 aliphatic heterocycles. The minimum absolute atomic E-state index is 0.0475. The Balaban J connectivity index is 3.28. The van der Waals surface area contributed by atoms with Crippen LogP contribution in [-0.4, -0.2) is 12.1 Å². The van der Waals surface area contributed by atoms with Gasteiger partial charge >= 0.3 is 0 Å². The second-order valence-electron chi connectivity index (χ2n) is 2.52. The van der Waals surface area contributed by atoms with Crippen molar-refractivity contribution in [2.75, 3.05) is 7.11 Å². The van der Waals surface area contributed by atoms with Crippen molar-refractivity contribution in [2.45, 2.75) is 13.0 Å². The summed E-state index contributed by atoms with van der Waals surface area (Å²) in [4.78, 5) is 3.39. The Morgan fingerprint density at radius 3 is 2.64 bits per heavy atom. The molecule has 0 amide bonds. The summed E-state index contributed by atoms with van der Waals surface area (Å²) in [7, 11) is 1.10. The molecule has 1 aromatic heterocycles. The zero-order valence-electron chi connectivity index (χ0n) is 7.43. The number of nitrogens with two attached hydrogens (primary N) is 1. The minimum Gasteiger partial charge on any atom is -0.492 e. The van der Waals surface area contributed by atoms with Crippen LogP contribution in [-0.2, 0) is 6.54 Å². The molecule has 78 valence electrons. The Morgan fingerprint density at radius 1 is 1.57 bits per heavy atom. The summed E-state index contributed by atoms with van der Waals surface area (Å²) in [5.41, 5.74) is 4.52. The van der Waals surface area contributed by atoms with E-state index in [0.29, 0.717) is 0 Å². The minimum atomic E-state index is -2.87. The van der Waals surface area contributed by atoms with Gasteiger partial charge in [-0.15, -0.1) is 0 Å². The van der Waals surface area contributed by atoms with Gasteiger partial charge in [-0.3, -0.25) is 4.98 Å². The smallest absolute Gasteiger partial charge is 0.284 e. The molecule has 2 N–H and O–H groups in total. The number of methoxy groups -OCH3 is 1. The summed E-state index contributed by atoms with van der Waals surface area (Å²) < 4.78 is 42.4. The molecular formula is C8H9F3N2O. The van der Waals surface area contributed by atoms with Crippen LogP contribution in [0.5, 0.6) is 5.75 Å². The first-order valence-electron chi connectivity index (χ1n) is 3.81. The fourth-order valence-corrected chi connectivity index (χ4v) is 1.01. The molecule has 6 heteroatoms. The van der Waals surface area contributed by atoms with Crippen LogP contribution in [0.25, 0.3) is 0 Å². The van der Waals surface area contributed by atoms with E-state index in [0.717, 1.165) is 13.3 Å². The predicted molar refractivity (Wildman–Crippen MR) is 43.6 cm³/mol. The molecule has 1 rings (SSSR count). The van der Waals surface area contributed by atoms with Gasteiger partial charge in [-0.1, -0.05) is 0 Å². The van der Waals surface area contributed by atoms with Gasteiger partial charge in [-0.05, 0) is 0 Å². The van der Waals surface area contributed by atoms with Crippen LogP contribution in [0.4, 0.5) is 13.2 Å². The predicted octanol–water partition coefficient (Wildman–Crippen LogP) is 1.63. The van der Waals surface area contributed by atoms with Gasteiger partial charge in [0.1, 0.15) is 0 Å². The second-order valence-corrected chi connectivity index (χ2v) is 2.52. The average Bonchev–Trinajstić information content (AvgIpc) is 2.17. The third-order valence-corrected chi connectivity index (χ3v) is 1.70. The van der Waals surface area contributed by atoms with E-state index in [4.69, 9.17) is 5.73 Å². The summed E-state index contributed by atoms with van der Waals surface area (Å²) in [5, 5.41) is 0. The maximum absolute atomic E-state index is 13.3. The highest BCUT2D eigenvalue weighted by Crippen LogP contribution is 2.30. The number of nitrogens with zero attached hydrogens (tertiary/aromatic N) is 1. The Kier molecular flexibility index (Phi) is 3.29. The lowest BCUT2D eigenvalue weighted by Crippen LogP contribution is -2.06. The molecule has 3 nitrogen and oxygen atoms in total. The maximum atomic E-state index is 13.3. The van der Waals surface area contributed by atoms with Crippen LogP contribution in [0.1, 0.15) is 17.7 Å². The van der Waals surface area contributed by atoms with Crippen LogP contribution in [0.2, 0.25) is 0 Å². The zero-order valence-corrected chi connectivity index (χ0v) is 7.43. The van der Waals surface area contributed by atoms with Crippen molar-refractivity contribution < 1.29 is 17.9 Å². The lowest BCUT2D eigenvalue weighted by Gasteiger charge is -2.09. The number of rotatable bonds is 3. The number of aromatic nitrogens is 1. The van der Waals surface area contributed by atoms with Crippen molar-refractivity contribution in [1.82, 2.24) is 4.98 Å². The molecule has 0 spiro atoms. The number of pyridine rings is 1. The van der Waals surface area contributed by atoms with E-state index in [1.807, 2.05) is 0 Å². The van der Waals surface area contributed by atoms with Gasteiger partial charge in [0.05, 0.1) is 7.11 Å². The molecule has 0 bridgehead atoms. The molecule has 14 heavy (non-hydrogen) atoms. The van der Waals surface area contributed by atoms with Crippen molar-refractivity contribution in [2.24, 2.45) is 5.73 Å². The summed E-state index contributed by atoms with van der Waals surface area (Å²) >= 11 is 0. The standard InChI is InChI=1S/C8H9F3N2O/c1-14-7-5(9)4(2-12)3-13-6(7)8(10)11/h3,8H,2,12H2,1H3. The van der Waals surface area contributed by atoms with E-state index in [9.17, 15) is 13.2 Å². The number of hydrogen-bond donors (Lipinski definition) is 1. The molecule has 0 saturated heterocycles. The van der Waals surface area contributed by atoms with Gasteiger partial charge in [-0.2, -0.15) is 0 Å². The highest BCUT2D eigenvalue weighted by Gasteiger charge is 2.21. The summed E-state index contributed by atoms with van der Waals surface area (Å²) in [6, 6.07) is 0. The Hall–Kier alpha value is -1.30. The number of ether oxygens (including phenoxy) is 1. The van der Waals surface area contributed by atoms with Gasteiger partial charge in [0.15, 0.2) is 17.3 Å². The molecule has 0 fully saturated rings. The van der Waals surface area contributed by atoms with E-state index in [-0.39, 0.29) is 12.1 Å². The Morgan fingerprint density at radius 2 is 2.21 bits per heavy atom. The summed E-state index contributed by atoms with van der Waals surface area (Å²) in [6.45, 7) is -0.112. The quantitative estimate of drug-likeness (QED) is 0.817. The fourth-order valence-electron chi connectivity index (χ4n) is 1.01. The van der Waals surface area contributed by atoms with E-state index in [1.165, 1.54) is 0 Å². The highest BCUT2D eigenvalue weighted by molar-refractivity contribution is 5.34. The zero-order chi connectivity index (χ0) is 10.7. The van der Waals surface area contributed by atoms with E-state index in [2.05, 4.69) is 9.72 Å². The molecule has 0 saturated carbocycles. The first kappa shape index (κ1) is 10.8. The van der Waals surface area contributed by atoms with Gasteiger partial charge in [0.25, 0.3) is 6.43 Å². The number of hydrogen-bond acceptors (Lipinski definition) is 3. The van der Waals surface area contributed by atoms with E-state index < -0.39 is 23.7 Å². The first-order valence-corrected chi connectivity index (χ1v) is 3.81. The van der Waals surface area contributed by atoms with Crippen LogP contribution in [0, 0.1) is 5.82 Å². The third kappa shape index (κ3) is 1.79. The van der Waals surface area contributed by atoms with Crippen molar-refractivity contribution >= 4 is 0 Å². The maximum Gasteiger partial charge on any atom is 0.284 e. The molecule has 0 aliphatic rings. The number of halogens is 3. The first-order chi connectivity index (χ1) is 6.61. The number of alkyl halides is 2. The molecule has 0 aliphatic carbocycles. The average molecular weight is 206 g/mol. The molecule has 1 aromatic rings. The van der Waals surface area contributed by atoms with Crippen LogP contribution >= 0.6 is 0 Å². The molecule has 1 heterocycles. The van der Waals surface area contributed by atoms with Crippen molar-refractivity contribution in [1.29, 1.82) is 0 Å². The Bertz CT molecular complexity index is 331. The molecular weight excluding hydrogens is 197 g/mol. The van der Waals surface area contributed by atoms with Crippen LogP contribution in [0.15, 0.2) is 6.20 Å². The molecule has 0 aromatic carbocycles. The van der Waals surface area contributed by atoms with Crippen LogP contribution < -0.4 is 10.5 Å². The van der Waals surface area contributed by atoms with Gasteiger partial charge < -0.3 is 10.5 Å². The van der Waals surface area contributed by atoms with Crippen molar-refractivity contribution in [3.63, 3.8) is 0 Å². The third-order valence-electron chi connectivity index (χ3n) is 1.70. The monoisotopic (exact) mass is 206 g/mol. The SMILES string of the molecule is COc1c(C(F)F)ncc(CN)c1F. The summed E-state index contributed by atoms with van der Waals surface area (Å²) in [6.07, 6.45) is -1.88. The lowest BCUT2D eigenvalue weighted by molar-refractivity contribution is 0.140. The highest BCUT2D eigenvalue weighted by atomic mass is 19.3. The van der Waals surface area contributed by atoms with Crippen molar-refractivity contribution in [3.05, 3.63) is 23.3 Å². The van der Waals surface area contributed by atoms with E-state index in [1.54, 1.807) is 0 Å². The van der Waals surface area contributed by atoms with Gasteiger partial charge in [-0.25, -0.2) is 13.2 Å². The lowest BCUT2D eigenvalue weighted by atomic mass is 10.2.